The molecule has 0 fully saturated rings. The molecule has 0 spiro atoms. The Morgan fingerprint density at radius 1 is 1.09 bits per heavy atom. The molecule has 23 heavy (non-hydrogen) atoms. The second kappa shape index (κ2) is 7.55. The largest absolute Gasteiger partial charge is 1.00 e. The average molecular weight is 394 g/mol. The molecule has 0 atom stereocenters. The number of carbonyl (C=O) groups excluding carboxylic acids is 1. The van der Waals surface area contributed by atoms with Gasteiger partial charge in [0, 0.05) is 21.0 Å². The fourth-order valence-corrected chi connectivity index (χ4v) is 2.88. The van der Waals surface area contributed by atoms with E-state index in [4.69, 9.17) is 0 Å². The first kappa shape index (κ1) is 18.8. The van der Waals surface area contributed by atoms with E-state index in [-0.39, 0.29) is 56.9 Å². The van der Waals surface area contributed by atoms with Gasteiger partial charge in [-0.3, -0.25) is 0 Å². The number of carboxylic acid groups (broad SMARTS) is 1. The van der Waals surface area contributed by atoms with Gasteiger partial charge in [0.1, 0.15) is 0 Å². The van der Waals surface area contributed by atoms with Crippen LogP contribution < -0.4 is 56.5 Å². The number of aryl methyl sites for hydroxylation is 2. The summed E-state index contributed by atoms with van der Waals surface area (Å²) >= 11 is 3.39. The first-order valence-corrected chi connectivity index (χ1v) is 7.64. The van der Waals surface area contributed by atoms with Crippen molar-refractivity contribution in [3.05, 3.63) is 63.6 Å². The molecule has 0 unspecified atom stereocenters. The van der Waals surface area contributed by atoms with E-state index in [1.54, 1.807) is 6.07 Å². The molecule has 0 saturated carbocycles. The third kappa shape index (κ3) is 3.92. The third-order valence-corrected chi connectivity index (χ3v) is 4.14. The number of aromatic nitrogens is 1. The van der Waals surface area contributed by atoms with E-state index in [0.717, 1.165) is 21.2 Å². The van der Waals surface area contributed by atoms with E-state index in [0.29, 0.717) is 16.6 Å². The molecule has 0 aliphatic carbocycles. The number of benzene rings is 2. The number of nitrogens with zero attached hydrogens (tertiary/aromatic N) is 1. The minimum atomic E-state index is -1.18. The summed E-state index contributed by atoms with van der Waals surface area (Å²) < 4.78 is 0.962. The molecule has 0 radical (unpaired) electrons. The van der Waals surface area contributed by atoms with Crippen LogP contribution in [0.4, 0.5) is 0 Å². The van der Waals surface area contributed by atoms with Crippen molar-refractivity contribution in [1.29, 1.82) is 0 Å². The zero-order valence-corrected chi connectivity index (χ0v) is 17.9. The molecule has 0 saturated heterocycles. The molecule has 1 aromatic heterocycles. The van der Waals surface area contributed by atoms with Crippen molar-refractivity contribution in [2.24, 2.45) is 0 Å². The maximum atomic E-state index is 11.5. The Hall–Kier alpha value is -0.564. The molecule has 0 aliphatic heterocycles. The average Bonchev–Trinajstić information content (AvgIpc) is 2.47. The van der Waals surface area contributed by atoms with Gasteiger partial charge in [-0.05, 0) is 43.7 Å². The second-order valence-electron chi connectivity index (χ2n) is 5.33. The van der Waals surface area contributed by atoms with Gasteiger partial charge in [-0.15, -0.1) is 0 Å². The zero-order valence-electron chi connectivity index (χ0n) is 13.2. The smallest absolute Gasteiger partial charge is 0.545 e. The first-order valence-electron chi connectivity index (χ1n) is 6.85. The van der Waals surface area contributed by atoms with Gasteiger partial charge < -0.3 is 9.90 Å². The topological polar surface area (TPSA) is 53.0 Å². The summed E-state index contributed by atoms with van der Waals surface area (Å²) in [5, 5.41) is 12.2. The Morgan fingerprint density at radius 2 is 1.74 bits per heavy atom. The Morgan fingerprint density at radius 3 is 2.35 bits per heavy atom. The number of carbonyl (C=O) groups is 1. The Balaban J connectivity index is 0.00000192. The van der Waals surface area contributed by atoms with Crippen LogP contribution in [-0.4, -0.2) is 11.0 Å². The van der Waals surface area contributed by atoms with E-state index in [9.17, 15) is 9.90 Å². The van der Waals surface area contributed by atoms with Crippen LogP contribution in [0.2, 0.25) is 0 Å². The molecule has 3 aromatic rings. The van der Waals surface area contributed by atoms with Crippen molar-refractivity contribution in [2.75, 3.05) is 0 Å². The summed E-state index contributed by atoms with van der Waals surface area (Å²) in [6.07, 6.45) is 0. The number of carboxylic acids is 1. The van der Waals surface area contributed by atoms with Gasteiger partial charge in [0.05, 0.1) is 17.2 Å². The van der Waals surface area contributed by atoms with Gasteiger partial charge in [0.15, 0.2) is 0 Å². The molecule has 110 valence electrons. The van der Waals surface area contributed by atoms with Crippen LogP contribution in [0.3, 0.4) is 0 Å². The minimum Gasteiger partial charge on any atom is -0.545 e. The number of fused-ring (bicyclic) bond motifs is 1. The molecule has 2 aromatic carbocycles. The van der Waals surface area contributed by atoms with E-state index in [1.165, 1.54) is 0 Å². The third-order valence-electron chi connectivity index (χ3n) is 3.61. The summed E-state index contributed by atoms with van der Waals surface area (Å²) in [7, 11) is 0. The fraction of sp³-hybridized carbons (Fsp3) is 0.111. The van der Waals surface area contributed by atoms with Crippen LogP contribution in [-0.2, 0) is 0 Å². The van der Waals surface area contributed by atoms with Gasteiger partial charge in [-0.1, -0.05) is 39.7 Å². The molecule has 3 nitrogen and oxygen atoms in total. The SMILES string of the molecule is Cc1cc(C)c2nc(-c3ccc(Br)cc3)cc(C(=O)[O-])c2c1.[K+]. The molecule has 3 rings (SSSR count). The van der Waals surface area contributed by atoms with Crippen LogP contribution in [0, 0.1) is 13.8 Å². The van der Waals surface area contributed by atoms with Crippen LogP contribution in [0.5, 0.6) is 0 Å². The summed E-state index contributed by atoms with van der Waals surface area (Å²) in [4.78, 5) is 16.2. The number of rotatable bonds is 2. The number of halogens is 1. The molecule has 0 N–H and O–H groups in total. The van der Waals surface area contributed by atoms with Gasteiger partial charge >= 0.3 is 51.4 Å². The second-order valence-corrected chi connectivity index (χ2v) is 6.24. The van der Waals surface area contributed by atoms with Crippen LogP contribution in [0.25, 0.3) is 22.2 Å². The van der Waals surface area contributed by atoms with E-state index >= 15 is 0 Å². The van der Waals surface area contributed by atoms with E-state index in [1.807, 2.05) is 50.2 Å². The van der Waals surface area contributed by atoms with Crippen molar-refractivity contribution in [1.82, 2.24) is 4.98 Å². The summed E-state index contributed by atoms with van der Waals surface area (Å²) in [6.45, 7) is 3.88. The monoisotopic (exact) mass is 393 g/mol. The molecular formula is C18H13BrKNO2. The molecule has 0 bridgehead atoms. The van der Waals surface area contributed by atoms with Gasteiger partial charge in [-0.25, -0.2) is 4.98 Å². The quantitative estimate of drug-likeness (QED) is 0.600. The van der Waals surface area contributed by atoms with Crippen LogP contribution in [0.15, 0.2) is 46.9 Å². The summed E-state index contributed by atoms with van der Waals surface area (Å²) in [5.41, 5.74) is 4.33. The molecule has 1 heterocycles. The van der Waals surface area contributed by atoms with Crippen molar-refractivity contribution < 1.29 is 61.3 Å². The number of hydrogen-bond acceptors (Lipinski definition) is 3. The van der Waals surface area contributed by atoms with Gasteiger partial charge in [-0.2, -0.15) is 0 Å². The van der Waals surface area contributed by atoms with Gasteiger partial charge in [0.25, 0.3) is 0 Å². The normalized spacial score (nSPS) is 10.4. The molecule has 5 heteroatoms. The van der Waals surface area contributed by atoms with Gasteiger partial charge in [0.2, 0.25) is 0 Å². The van der Waals surface area contributed by atoms with E-state index < -0.39 is 5.97 Å². The van der Waals surface area contributed by atoms with Crippen molar-refractivity contribution in [3.8, 4) is 11.3 Å². The Labute approximate surface area is 185 Å². The number of hydrogen-bond donors (Lipinski definition) is 0. The Kier molecular flexibility index (Phi) is 6.16. The van der Waals surface area contributed by atoms with Crippen molar-refractivity contribution >= 4 is 32.8 Å². The van der Waals surface area contributed by atoms with Crippen LogP contribution >= 0.6 is 15.9 Å². The van der Waals surface area contributed by atoms with Crippen LogP contribution in [0.1, 0.15) is 21.5 Å². The molecule has 0 aliphatic rings. The zero-order chi connectivity index (χ0) is 15.9. The number of pyridine rings is 1. The standard InChI is InChI=1S/C18H14BrNO2.K/c1-10-7-11(2)17-14(8-10)15(18(21)22)9-16(20-17)12-3-5-13(19)6-4-12;/h3-9H,1-2H3,(H,21,22);/q;+1/p-1. The van der Waals surface area contributed by atoms with Crippen molar-refractivity contribution in [2.45, 2.75) is 13.8 Å². The summed E-state index contributed by atoms with van der Waals surface area (Å²) in [5.74, 6) is -1.18. The predicted molar refractivity (Wildman–Crippen MR) is 88.7 cm³/mol. The first-order chi connectivity index (χ1) is 10.5. The Bertz CT molecular complexity index is 892. The minimum absolute atomic E-state index is 0. The maximum absolute atomic E-state index is 11.5. The maximum Gasteiger partial charge on any atom is 1.00 e. The summed E-state index contributed by atoms with van der Waals surface area (Å²) in [6, 6.07) is 13.0. The molecule has 0 amide bonds. The fourth-order valence-electron chi connectivity index (χ4n) is 2.62. The van der Waals surface area contributed by atoms with Crippen molar-refractivity contribution in [3.63, 3.8) is 0 Å². The number of aromatic carboxylic acids is 1. The predicted octanol–water partition coefficient (Wildman–Crippen LogP) is 0.649. The van der Waals surface area contributed by atoms with E-state index in [2.05, 4.69) is 20.9 Å². The molecular weight excluding hydrogens is 381 g/mol.